The molecule has 0 aliphatic carbocycles. The molecule has 0 saturated carbocycles. The highest BCUT2D eigenvalue weighted by atomic mass is 35.5. The maximum absolute atomic E-state index is 9.35. The molecule has 0 saturated heterocycles. The molecule has 0 aliphatic heterocycles. The molecule has 1 rings (SSSR count). The third-order valence-electron chi connectivity index (χ3n) is 1.45. The molecule has 0 radical (unpaired) electrons. The smallest absolute Gasteiger partial charge is 0.137 e. The summed E-state index contributed by atoms with van der Waals surface area (Å²) in [5.74, 6) is 0.0838. The molecule has 4 heteroatoms. The molecule has 2 N–H and O–H groups in total. The second-order valence-electron chi connectivity index (χ2n) is 2.37. The van der Waals surface area contributed by atoms with Gasteiger partial charge in [-0.25, -0.2) is 0 Å². The Labute approximate surface area is 80.4 Å². The minimum atomic E-state index is -0.958. The highest BCUT2D eigenvalue weighted by Crippen LogP contribution is 2.25. The lowest BCUT2D eigenvalue weighted by molar-refractivity contribution is 0.192. The molecular formula is C8H8Cl2O2. The van der Waals surface area contributed by atoms with Crippen LogP contribution in [0.3, 0.4) is 0 Å². The second-order valence-corrected chi connectivity index (χ2v) is 3.54. The summed E-state index contributed by atoms with van der Waals surface area (Å²) in [4.78, 5) is -0.883. The van der Waals surface area contributed by atoms with Crippen LogP contribution in [-0.2, 0) is 0 Å². The number of hydrogen-bond acceptors (Lipinski definition) is 2. The molecule has 0 fully saturated rings. The molecule has 1 aromatic carbocycles. The Bertz CT molecular complexity index is 263. The van der Waals surface area contributed by atoms with E-state index in [2.05, 4.69) is 0 Å². The lowest BCUT2D eigenvalue weighted by Crippen LogP contribution is -2.05. The van der Waals surface area contributed by atoms with Gasteiger partial charge in [-0.05, 0) is 17.7 Å². The Balaban J connectivity index is 2.88. The molecule has 0 heterocycles. The van der Waals surface area contributed by atoms with Crippen LogP contribution in [0.5, 0.6) is 5.75 Å². The third-order valence-corrected chi connectivity index (χ3v) is 1.93. The first-order chi connectivity index (χ1) is 5.61. The number of benzene rings is 1. The third kappa shape index (κ3) is 2.27. The zero-order chi connectivity index (χ0) is 9.14. The summed E-state index contributed by atoms with van der Waals surface area (Å²) in [7, 11) is 0. The fourth-order valence-corrected chi connectivity index (χ4v) is 1.15. The van der Waals surface area contributed by atoms with Crippen molar-refractivity contribution in [1.29, 1.82) is 0 Å². The van der Waals surface area contributed by atoms with Crippen molar-refractivity contribution in [2.45, 2.75) is 10.9 Å². The Hall–Kier alpha value is -0.440. The van der Waals surface area contributed by atoms with Gasteiger partial charge in [0, 0.05) is 0 Å². The summed E-state index contributed by atoms with van der Waals surface area (Å²) in [5.41, 5.74) is 0.505. The second kappa shape index (κ2) is 3.99. The predicted molar refractivity (Wildman–Crippen MR) is 48.6 cm³/mol. The Morgan fingerprint density at radius 2 is 1.92 bits per heavy atom. The number of alkyl halides is 2. The lowest BCUT2D eigenvalue weighted by atomic mass is 10.1. The first-order valence-corrected chi connectivity index (χ1v) is 4.23. The summed E-state index contributed by atoms with van der Waals surface area (Å²) < 4.78 is 0. The molecule has 66 valence electrons. The van der Waals surface area contributed by atoms with E-state index >= 15 is 0 Å². The van der Waals surface area contributed by atoms with E-state index < -0.39 is 10.9 Å². The number of aliphatic hydroxyl groups is 1. The summed E-state index contributed by atoms with van der Waals surface area (Å²) in [6.07, 6.45) is -0.958. The van der Waals surface area contributed by atoms with Crippen LogP contribution >= 0.6 is 23.2 Å². The van der Waals surface area contributed by atoms with Crippen molar-refractivity contribution in [1.82, 2.24) is 0 Å². The monoisotopic (exact) mass is 206 g/mol. The van der Waals surface area contributed by atoms with E-state index in [1.807, 2.05) is 0 Å². The van der Waals surface area contributed by atoms with E-state index in [0.29, 0.717) is 5.56 Å². The molecule has 12 heavy (non-hydrogen) atoms. The highest BCUT2D eigenvalue weighted by Gasteiger charge is 2.15. The van der Waals surface area contributed by atoms with Gasteiger partial charge < -0.3 is 10.2 Å². The van der Waals surface area contributed by atoms with E-state index in [4.69, 9.17) is 28.3 Å². The normalized spacial score (nSPS) is 13.3. The van der Waals surface area contributed by atoms with Gasteiger partial charge in [-0.1, -0.05) is 12.1 Å². The number of phenols is 1. The maximum Gasteiger partial charge on any atom is 0.137 e. The van der Waals surface area contributed by atoms with Crippen LogP contribution in [0.2, 0.25) is 0 Å². The number of aromatic hydroxyl groups is 1. The van der Waals surface area contributed by atoms with Gasteiger partial charge in [0.05, 0.1) is 0 Å². The number of phenolic OH excluding ortho intramolecular Hbond substituents is 1. The zero-order valence-electron chi connectivity index (χ0n) is 6.11. The van der Waals surface area contributed by atoms with Gasteiger partial charge in [0.25, 0.3) is 0 Å². The van der Waals surface area contributed by atoms with Gasteiger partial charge in [-0.3, -0.25) is 0 Å². The summed E-state index contributed by atoms with van der Waals surface area (Å²) in [6, 6.07) is 6.18. The molecule has 0 amide bonds. The topological polar surface area (TPSA) is 40.5 Å². The number of rotatable bonds is 2. The average molecular weight is 207 g/mol. The zero-order valence-corrected chi connectivity index (χ0v) is 7.63. The fraction of sp³-hybridized carbons (Fsp3) is 0.250. The van der Waals surface area contributed by atoms with Crippen molar-refractivity contribution in [2.24, 2.45) is 0 Å². The van der Waals surface area contributed by atoms with Crippen molar-refractivity contribution in [2.75, 3.05) is 0 Å². The molecule has 1 aromatic rings. The van der Waals surface area contributed by atoms with Crippen LogP contribution in [0.4, 0.5) is 0 Å². The van der Waals surface area contributed by atoms with Crippen molar-refractivity contribution in [3.8, 4) is 5.75 Å². The van der Waals surface area contributed by atoms with E-state index in [1.54, 1.807) is 12.1 Å². The van der Waals surface area contributed by atoms with Crippen molar-refractivity contribution in [3.05, 3.63) is 29.8 Å². The molecule has 0 aliphatic rings. The van der Waals surface area contributed by atoms with Crippen LogP contribution in [0.25, 0.3) is 0 Å². The van der Waals surface area contributed by atoms with Gasteiger partial charge in [-0.15, -0.1) is 23.2 Å². The van der Waals surface area contributed by atoms with E-state index in [1.165, 1.54) is 12.1 Å². The lowest BCUT2D eigenvalue weighted by Gasteiger charge is -2.11. The highest BCUT2D eigenvalue weighted by molar-refractivity contribution is 6.44. The number of aliphatic hydroxyl groups excluding tert-OH is 1. The first-order valence-electron chi connectivity index (χ1n) is 3.36. The van der Waals surface area contributed by atoms with Crippen molar-refractivity contribution in [3.63, 3.8) is 0 Å². The molecule has 0 spiro atoms. The minimum absolute atomic E-state index is 0.0838. The van der Waals surface area contributed by atoms with Crippen molar-refractivity contribution >= 4 is 23.2 Å². The van der Waals surface area contributed by atoms with E-state index in [-0.39, 0.29) is 5.75 Å². The van der Waals surface area contributed by atoms with Gasteiger partial charge >= 0.3 is 0 Å². The average Bonchev–Trinajstić information content (AvgIpc) is 2.03. The number of halogens is 2. The van der Waals surface area contributed by atoms with Crippen molar-refractivity contribution < 1.29 is 10.2 Å². The van der Waals surface area contributed by atoms with E-state index in [9.17, 15) is 5.11 Å². The van der Waals surface area contributed by atoms with Gasteiger partial charge in [0.2, 0.25) is 0 Å². The quantitative estimate of drug-likeness (QED) is 0.730. The van der Waals surface area contributed by atoms with Crippen LogP contribution in [0, 0.1) is 0 Å². The molecule has 0 bridgehead atoms. The summed E-state index contributed by atoms with van der Waals surface area (Å²) >= 11 is 10.9. The van der Waals surface area contributed by atoms with Crippen LogP contribution in [-0.4, -0.2) is 15.0 Å². The predicted octanol–water partition coefficient (Wildman–Crippen LogP) is 2.23. The SMILES string of the molecule is Oc1cccc(C(O)C(Cl)Cl)c1. The summed E-state index contributed by atoms with van der Waals surface area (Å²) in [6.45, 7) is 0. The van der Waals surface area contributed by atoms with Crippen LogP contribution < -0.4 is 0 Å². The molecule has 2 nitrogen and oxygen atoms in total. The Kier molecular flexibility index (Phi) is 3.20. The number of hydrogen-bond donors (Lipinski definition) is 2. The van der Waals surface area contributed by atoms with Gasteiger partial charge in [-0.2, -0.15) is 0 Å². The van der Waals surface area contributed by atoms with E-state index in [0.717, 1.165) is 0 Å². The van der Waals surface area contributed by atoms with Gasteiger partial charge in [0.15, 0.2) is 0 Å². The largest absolute Gasteiger partial charge is 0.508 e. The maximum atomic E-state index is 9.35. The summed E-state index contributed by atoms with van der Waals surface area (Å²) in [5, 5.41) is 18.4. The minimum Gasteiger partial charge on any atom is -0.508 e. The van der Waals surface area contributed by atoms with Gasteiger partial charge in [0.1, 0.15) is 16.7 Å². The molecular weight excluding hydrogens is 199 g/mol. The molecule has 1 unspecified atom stereocenters. The Morgan fingerprint density at radius 1 is 1.25 bits per heavy atom. The Morgan fingerprint density at radius 3 is 2.42 bits per heavy atom. The van der Waals surface area contributed by atoms with Crippen LogP contribution in [0.15, 0.2) is 24.3 Å². The molecule has 0 aromatic heterocycles. The molecule has 1 atom stereocenters. The fourth-order valence-electron chi connectivity index (χ4n) is 0.854. The first kappa shape index (κ1) is 9.65. The van der Waals surface area contributed by atoms with Crippen LogP contribution in [0.1, 0.15) is 11.7 Å². The standard InChI is InChI=1S/C8H8Cl2O2/c9-8(10)7(12)5-2-1-3-6(11)4-5/h1-4,7-8,11-12H.